The molecule has 0 aliphatic carbocycles. The summed E-state index contributed by atoms with van der Waals surface area (Å²) < 4.78 is 26.4. The number of halogens is 2. The normalized spacial score (nSPS) is 15.0. The molecule has 1 fully saturated rings. The molecule has 3 N–H and O–H groups in total. The topological polar surface area (TPSA) is 90.5 Å². The van der Waals surface area contributed by atoms with Crippen LogP contribution in [0.3, 0.4) is 0 Å². The van der Waals surface area contributed by atoms with Crippen LogP contribution in [0, 0.1) is 11.6 Å². The van der Waals surface area contributed by atoms with E-state index in [-0.39, 0.29) is 36.1 Å². The zero-order valence-electron chi connectivity index (χ0n) is 17.7. The monoisotopic (exact) mass is 444 g/mol. The van der Waals surface area contributed by atoms with Crippen molar-refractivity contribution in [2.24, 2.45) is 0 Å². The van der Waals surface area contributed by atoms with Gasteiger partial charge >= 0.3 is 6.03 Å². The van der Waals surface area contributed by atoms with Gasteiger partial charge in [0.2, 0.25) is 11.8 Å². The lowest BCUT2D eigenvalue weighted by atomic mass is 10.0. The van der Waals surface area contributed by atoms with Crippen molar-refractivity contribution in [1.82, 2.24) is 15.5 Å². The molecule has 1 aliphatic heterocycles. The Labute approximate surface area is 185 Å². The van der Waals surface area contributed by atoms with Gasteiger partial charge in [-0.3, -0.25) is 9.59 Å². The maximum atomic E-state index is 13.3. The van der Waals surface area contributed by atoms with Gasteiger partial charge in [-0.05, 0) is 48.7 Å². The second kappa shape index (κ2) is 10.7. The highest BCUT2D eigenvalue weighted by Crippen LogP contribution is 2.15. The van der Waals surface area contributed by atoms with E-state index in [0.717, 1.165) is 5.56 Å². The molecule has 0 spiro atoms. The third-order valence-corrected chi connectivity index (χ3v) is 5.25. The molecule has 1 saturated heterocycles. The Hall–Kier alpha value is -3.49. The van der Waals surface area contributed by atoms with Crippen LogP contribution in [0.4, 0.5) is 19.3 Å². The van der Waals surface area contributed by atoms with E-state index in [0.29, 0.717) is 31.6 Å². The van der Waals surface area contributed by atoms with Crippen molar-refractivity contribution in [2.75, 3.05) is 18.4 Å². The summed E-state index contributed by atoms with van der Waals surface area (Å²) in [7, 11) is 0. The second-order valence-electron chi connectivity index (χ2n) is 7.79. The van der Waals surface area contributed by atoms with Gasteiger partial charge in [-0.1, -0.05) is 18.2 Å². The Morgan fingerprint density at radius 2 is 1.72 bits per heavy atom. The number of anilines is 1. The van der Waals surface area contributed by atoms with Crippen LogP contribution in [0.15, 0.2) is 48.5 Å². The number of urea groups is 1. The van der Waals surface area contributed by atoms with Gasteiger partial charge in [0.25, 0.3) is 0 Å². The van der Waals surface area contributed by atoms with Crippen LogP contribution in [0.25, 0.3) is 0 Å². The smallest absolute Gasteiger partial charge is 0.321 e. The summed E-state index contributed by atoms with van der Waals surface area (Å²) in [6.07, 6.45) is 1.33. The minimum atomic E-state index is -0.785. The number of piperidine rings is 1. The standard InChI is InChI=1S/C23H26F2N4O3/c1-15(30)26-21(13-16-5-7-17(24)8-6-16)22(31)27-19-9-11-29(12-10-19)23(32)28-20-4-2-3-18(25)14-20/h2-8,14,19,21H,9-13H2,1H3,(H,26,30)(H,27,31)(H,28,32). The Kier molecular flexibility index (Phi) is 7.75. The maximum Gasteiger partial charge on any atom is 0.321 e. The summed E-state index contributed by atoms with van der Waals surface area (Å²) in [6.45, 7) is 2.18. The van der Waals surface area contributed by atoms with Crippen LogP contribution in [-0.2, 0) is 16.0 Å². The molecule has 1 aliphatic rings. The average Bonchev–Trinajstić information content (AvgIpc) is 2.75. The number of likely N-dealkylation sites (tertiary alicyclic amines) is 1. The molecule has 1 atom stereocenters. The zero-order valence-corrected chi connectivity index (χ0v) is 17.7. The van der Waals surface area contributed by atoms with Crippen molar-refractivity contribution in [3.8, 4) is 0 Å². The SMILES string of the molecule is CC(=O)NC(Cc1ccc(F)cc1)C(=O)NC1CCN(C(=O)Nc2cccc(F)c2)CC1. The number of hydrogen-bond donors (Lipinski definition) is 3. The molecule has 4 amide bonds. The molecule has 9 heteroatoms. The summed E-state index contributed by atoms with van der Waals surface area (Å²) in [5.74, 6) is -1.47. The number of nitrogens with zero attached hydrogens (tertiary/aromatic N) is 1. The number of rotatable bonds is 6. The zero-order chi connectivity index (χ0) is 23.1. The molecule has 2 aromatic carbocycles. The highest BCUT2D eigenvalue weighted by Gasteiger charge is 2.27. The van der Waals surface area contributed by atoms with Gasteiger partial charge in [-0.25, -0.2) is 13.6 Å². The fraction of sp³-hybridized carbons (Fsp3) is 0.348. The van der Waals surface area contributed by atoms with Gasteiger partial charge < -0.3 is 20.9 Å². The van der Waals surface area contributed by atoms with E-state index in [1.165, 1.54) is 37.3 Å². The summed E-state index contributed by atoms with van der Waals surface area (Å²) in [5, 5.41) is 8.24. The van der Waals surface area contributed by atoms with Crippen LogP contribution in [0.5, 0.6) is 0 Å². The van der Waals surface area contributed by atoms with Crippen molar-refractivity contribution in [1.29, 1.82) is 0 Å². The first-order valence-corrected chi connectivity index (χ1v) is 10.4. The predicted octanol–water partition coefficient (Wildman–Crippen LogP) is 2.82. The molecular weight excluding hydrogens is 418 g/mol. The van der Waals surface area contributed by atoms with Crippen LogP contribution in [0.2, 0.25) is 0 Å². The van der Waals surface area contributed by atoms with Crippen molar-refractivity contribution in [3.63, 3.8) is 0 Å². The minimum absolute atomic E-state index is 0.148. The number of nitrogens with one attached hydrogen (secondary N) is 3. The van der Waals surface area contributed by atoms with Gasteiger partial charge in [0.15, 0.2) is 0 Å². The molecule has 0 bridgehead atoms. The van der Waals surface area contributed by atoms with Crippen LogP contribution < -0.4 is 16.0 Å². The lowest BCUT2D eigenvalue weighted by Crippen LogP contribution is -2.53. The number of benzene rings is 2. The van der Waals surface area contributed by atoms with Crippen molar-refractivity contribution in [2.45, 2.75) is 38.3 Å². The van der Waals surface area contributed by atoms with Gasteiger partial charge in [0, 0.05) is 38.2 Å². The number of amides is 4. The van der Waals surface area contributed by atoms with Crippen LogP contribution >= 0.6 is 0 Å². The molecule has 0 radical (unpaired) electrons. The highest BCUT2D eigenvalue weighted by atomic mass is 19.1. The molecule has 1 unspecified atom stereocenters. The molecule has 32 heavy (non-hydrogen) atoms. The lowest BCUT2D eigenvalue weighted by Gasteiger charge is -2.33. The molecule has 1 heterocycles. The first-order valence-electron chi connectivity index (χ1n) is 10.4. The molecule has 170 valence electrons. The number of carbonyl (C=O) groups is 3. The van der Waals surface area contributed by atoms with E-state index in [2.05, 4.69) is 16.0 Å². The Morgan fingerprint density at radius 3 is 2.34 bits per heavy atom. The molecule has 0 aromatic heterocycles. The molecule has 0 saturated carbocycles. The highest BCUT2D eigenvalue weighted by molar-refractivity contribution is 5.89. The quantitative estimate of drug-likeness (QED) is 0.640. The maximum absolute atomic E-state index is 13.3. The molecule has 3 rings (SSSR count). The Bertz CT molecular complexity index is 960. The van der Waals surface area contributed by atoms with E-state index in [1.807, 2.05) is 0 Å². The fourth-order valence-electron chi connectivity index (χ4n) is 3.61. The lowest BCUT2D eigenvalue weighted by molar-refractivity contribution is -0.128. The van der Waals surface area contributed by atoms with E-state index in [1.54, 1.807) is 23.1 Å². The van der Waals surface area contributed by atoms with Crippen molar-refractivity contribution >= 4 is 23.5 Å². The van der Waals surface area contributed by atoms with E-state index < -0.39 is 11.9 Å². The summed E-state index contributed by atoms with van der Waals surface area (Å²) in [5.41, 5.74) is 1.11. The average molecular weight is 444 g/mol. The summed E-state index contributed by atoms with van der Waals surface area (Å²) >= 11 is 0. The van der Waals surface area contributed by atoms with Crippen molar-refractivity contribution < 1.29 is 23.2 Å². The number of carbonyl (C=O) groups excluding carboxylic acids is 3. The summed E-state index contributed by atoms with van der Waals surface area (Å²) in [4.78, 5) is 38.3. The third kappa shape index (κ3) is 6.76. The second-order valence-corrected chi connectivity index (χ2v) is 7.79. The largest absolute Gasteiger partial charge is 0.351 e. The minimum Gasteiger partial charge on any atom is -0.351 e. The van der Waals surface area contributed by atoms with Crippen molar-refractivity contribution in [3.05, 3.63) is 65.7 Å². The van der Waals surface area contributed by atoms with E-state index in [9.17, 15) is 23.2 Å². The van der Waals surface area contributed by atoms with E-state index >= 15 is 0 Å². The van der Waals surface area contributed by atoms with Crippen LogP contribution in [0.1, 0.15) is 25.3 Å². The van der Waals surface area contributed by atoms with Gasteiger partial charge in [0.05, 0.1) is 0 Å². The Balaban J connectivity index is 1.51. The Morgan fingerprint density at radius 1 is 1.03 bits per heavy atom. The van der Waals surface area contributed by atoms with E-state index in [4.69, 9.17) is 0 Å². The van der Waals surface area contributed by atoms with Gasteiger partial charge in [-0.15, -0.1) is 0 Å². The fourth-order valence-corrected chi connectivity index (χ4v) is 3.61. The third-order valence-electron chi connectivity index (χ3n) is 5.25. The predicted molar refractivity (Wildman–Crippen MR) is 116 cm³/mol. The van der Waals surface area contributed by atoms with Crippen LogP contribution in [-0.4, -0.2) is 47.9 Å². The first kappa shape index (κ1) is 23.2. The van der Waals surface area contributed by atoms with Gasteiger partial charge in [0.1, 0.15) is 17.7 Å². The molecule has 7 nitrogen and oxygen atoms in total. The first-order chi connectivity index (χ1) is 15.3. The number of hydrogen-bond acceptors (Lipinski definition) is 3. The summed E-state index contributed by atoms with van der Waals surface area (Å²) in [6, 6.07) is 10.2. The molecule has 2 aromatic rings. The van der Waals surface area contributed by atoms with Gasteiger partial charge in [-0.2, -0.15) is 0 Å². The molecular formula is C23H26F2N4O3.